The van der Waals surface area contributed by atoms with Crippen molar-refractivity contribution in [3.63, 3.8) is 0 Å². The number of rotatable bonds is 8. The van der Waals surface area contributed by atoms with E-state index in [0.29, 0.717) is 22.9 Å². The van der Waals surface area contributed by atoms with E-state index >= 15 is 0 Å². The standard InChI is InChI=1S/C21H22Cl2O4/c1-3-21(4-2,19(24)26-13-15-5-9-17(22)10-6-15)20(25)27-14-16-7-11-18(23)12-8-16/h5-12H,3-4,13-14H2,1-2H3. The highest BCUT2D eigenvalue weighted by molar-refractivity contribution is 6.30. The van der Waals surface area contributed by atoms with Gasteiger partial charge in [0.1, 0.15) is 13.2 Å². The monoisotopic (exact) mass is 408 g/mol. The first-order chi connectivity index (χ1) is 12.9. The Labute approximate surface area is 169 Å². The highest BCUT2D eigenvalue weighted by Gasteiger charge is 2.46. The van der Waals surface area contributed by atoms with Gasteiger partial charge in [-0.15, -0.1) is 0 Å². The zero-order valence-electron chi connectivity index (χ0n) is 15.3. The summed E-state index contributed by atoms with van der Waals surface area (Å²) in [7, 11) is 0. The molecule has 0 unspecified atom stereocenters. The fraction of sp³-hybridized carbons (Fsp3) is 0.333. The molecule has 0 heterocycles. The summed E-state index contributed by atoms with van der Waals surface area (Å²) in [4.78, 5) is 25.4. The number of hydrogen-bond acceptors (Lipinski definition) is 4. The topological polar surface area (TPSA) is 52.6 Å². The molecule has 0 spiro atoms. The van der Waals surface area contributed by atoms with Crippen LogP contribution in [0.25, 0.3) is 0 Å². The summed E-state index contributed by atoms with van der Waals surface area (Å²) in [5, 5.41) is 1.21. The molecule has 0 atom stereocenters. The van der Waals surface area contributed by atoms with Gasteiger partial charge in [-0.25, -0.2) is 0 Å². The Balaban J connectivity index is 2.02. The Hall–Kier alpha value is -2.04. The van der Waals surface area contributed by atoms with Gasteiger partial charge >= 0.3 is 11.9 Å². The number of hydrogen-bond donors (Lipinski definition) is 0. The fourth-order valence-electron chi connectivity index (χ4n) is 2.65. The van der Waals surface area contributed by atoms with Crippen molar-refractivity contribution in [1.82, 2.24) is 0 Å². The Morgan fingerprint density at radius 2 is 1.07 bits per heavy atom. The molecule has 0 aliphatic rings. The van der Waals surface area contributed by atoms with Crippen molar-refractivity contribution in [3.05, 3.63) is 69.7 Å². The minimum absolute atomic E-state index is 0.0716. The number of carbonyl (C=O) groups excluding carboxylic acids is 2. The average Bonchev–Trinajstić information content (AvgIpc) is 2.68. The van der Waals surface area contributed by atoms with Crippen molar-refractivity contribution < 1.29 is 19.1 Å². The Bertz CT molecular complexity index is 702. The maximum Gasteiger partial charge on any atom is 0.323 e. The first-order valence-corrected chi connectivity index (χ1v) is 9.50. The lowest BCUT2D eigenvalue weighted by Gasteiger charge is -2.27. The Morgan fingerprint density at radius 1 is 0.741 bits per heavy atom. The largest absolute Gasteiger partial charge is 0.460 e. The smallest absolute Gasteiger partial charge is 0.323 e. The molecule has 144 valence electrons. The van der Waals surface area contributed by atoms with Crippen molar-refractivity contribution in [1.29, 1.82) is 0 Å². The molecule has 0 bridgehead atoms. The maximum absolute atomic E-state index is 12.7. The molecule has 4 nitrogen and oxygen atoms in total. The second-order valence-electron chi connectivity index (χ2n) is 6.19. The third-order valence-electron chi connectivity index (χ3n) is 4.55. The van der Waals surface area contributed by atoms with Crippen molar-refractivity contribution >= 4 is 35.1 Å². The minimum atomic E-state index is -1.32. The van der Waals surface area contributed by atoms with Crippen LogP contribution in [0.5, 0.6) is 0 Å². The Kier molecular flexibility index (Phi) is 7.69. The molecule has 6 heteroatoms. The van der Waals surface area contributed by atoms with Gasteiger partial charge in [0.15, 0.2) is 5.41 Å². The predicted octanol–water partition coefficient (Wildman–Crippen LogP) is 5.59. The van der Waals surface area contributed by atoms with E-state index < -0.39 is 17.4 Å². The normalized spacial score (nSPS) is 11.1. The zero-order chi connectivity index (χ0) is 19.9. The van der Waals surface area contributed by atoms with E-state index in [0.717, 1.165) is 11.1 Å². The third-order valence-corrected chi connectivity index (χ3v) is 5.06. The van der Waals surface area contributed by atoms with E-state index in [4.69, 9.17) is 32.7 Å². The number of carbonyl (C=O) groups is 2. The molecule has 0 aliphatic heterocycles. The van der Waals surface area contributed by atoms with Crippen molar-refractivity contribution in [3.8, 4) is 0 Å². The van der Waals surface area contributed by atoms with E-state index in [-0.39, 0.29) is 13.2 Å². The van der Waals surface area contributed by atoms with Crippen LogP contribution in [0.2, 0.25) is 10.0 Å². The lowest BCUT2D eigenvalue weighted by atomic mass is 9.82. The van der Waals surface area contributed by atoms with Gasteiger partial charge in [-0.1, -0.05) is 61.3 Å². The van der Waals surface area contributed by atoms with E-state index in [1.165, 1.54) is 0 Å². The molecule has 0 radical (unpaired) electrons. The van der Waals surface area contributed by atoms with Crippen molar-refractivity contribution in [2.75, 3.05) is 0 Å². The third kappa shape index (κ3) is 5.47. The average molecular weight is 409 g/mol. The van der Waals surface area contributed by atoms with Gasteiger partial charge in [0.25, 0.3) is 0 Å². The first-order valence-electron chi connectivity index (χ1n) is 8.74. The molecule has 2 rings (SSSR count). The molecule has 0 saturated carbocycles. The second kappa shape index (κ2) is 9.77. The van der Waals surface area contributed by atoms with Gasteiger partial charge in [-0.05, 0) is 48.2 Å². The van der Waals surface area contributed by atoms with Crippen LogP contribution in [0, 0.1) is 5.41 Å². The summed E-state index contributed by atoms with van der Waals surface area (Å²) in [6, 6.07) is 14.0. The molecule has 2 aromatic carbocycles. The first kappa shape index (κ1) is 21.3. The van der Waals surface area contributed by atoms with E-state index in [1.54, 1.807) is 62.4 Å². The van der Waals surface area contributed by atoms with Crippen LogP contribution >= 0.6 is 23.2 Å². The number of esters is 2. The van der Waals surface area contributed by atoms with Crippen LogP contribution in [-0.4, -0.2) is 11.9 Å². The molecule has 0 N–H and O–H groups in total. The lowest BCUT2D eigenvalue weighted by molar-refractivity contribution is -0.175. The minimum Gasteiger partial charge on any atom is -0.460 e. The second-order valence-corrected chi connectivity index (χ2v) is 7.07. The molecule has 2 aromatic rings. The van der Waals surface area contributed by atoms with Gasteiger partial charge in [0, 0.05) is 10.0 Å². The fourth-order valence-corrected chi connectivity index (χ4v) is 2.90. The molecule has 0 amide bonds. The number of ether oxygens (including phenoxy) is 2. The van der Waals surface area contributed by atoms with Crippen LogP contribution in [0.4, 0.5) is 0 Å². The van der Waals surface area contributed by atoms with E-state index in [1.807, 2.05) is 0 Å². The zero-order valence-corrected chi connectivity index (χ0v) is 16.8. The predicted molar refractivity (Wildman–Crippen MR) is 106 cm³/mol. The van der Waals surface area contributed by atoms with Crippen LogP contribution in [0.3, 0.4) is 0 Å². The van der Waals surface area contributed by atoms with Crippen molar-refractivity contribution in [2.24, 2.45) is 5.41 Å². The number of benzene rings is 2. The molecule has 27 heavy (non-hydrogen) atoms. The van der Waals surface area contributed by atoms with Crippen LogP contribution in [0.1, 0.15) is 37.8 Å². The summed E-state index contributed by atoms with van der Waals surface area (Å²) in [6.45, 7) is 3.69. The van der Waals surface area contributed by atoms with Gasteiger partial charge < -0.3 is 9.47 Å². The molecule has 0 saturated heterocycles. The highest BCUT2D eigenvalue weighted by Crippen LogP contribution is 2.31. The van der Waals surface area contributed by atoms with Gasteiger partial charge in [-0.2, -0.15) is 0 Å². The molecule has 0 aromatic heterocycles. The quantitative estimate of drug-likeness (QED) is 0.422. The van der Waals surface area contributed by atoms with Gasteiger partial charge in [-0.3, -0.25) is 9.59 Å². The summed E-state index contributed by atoms with van der Waals surface area (Å²) in [6.07, 6.45) is 0.588. The Morgan fingerprint density at radius 3 is 1.37 bits per heavy atom. The maximum atomic E-state index is 12.7. The van der Waals surface area contributed by atoms with Crippen LogP contribution in [-0.2, 0) is 32.3 Å². The summed E-state index contributed by atoms with van der Waals surface area (Å²) in [5.41, 5.74) is 0.269. The lowest BCUT2D eigenvalue weighted by Crippen LogP contribution is -2.41. The van der Waals surface area contributed by atoms with Crippen LogP contribution < -0.4 is 0 Å². The summed E-state index contributed by atoms with van der Waals surface area (Å²) >= 11 is 11.7. The van der Waals surface area contributed by atoms with Gasteiger partial charge in [0.2, 0.25) is 0 Å². The molecule has 0 aliphatic carbocycles. The summed E-state index contributed by atoms with van der Waals surface area (Å²) in [5.74, 6) is -1.16. The molecular formula is C21H22Cl2O4. The molecular weight excluding hydrogens is 387 g/mol. The van der Waals surface area contributed by atoms with E-state index in [9.17, 15) is 9.59 Å². The molecule has 0 fully saturated rings. The van der Waals surface area contributed by atoms with Crippen LogP contribution in [0.15, 0.2) is 48.5 Å². The van der Waals surface area contributed by atoms with E-state index in [2.05, 4.69) is 0 Å². The van der Waals surface area contributed by atoms with Crippen molar-refractivity contribution in [2.45, 2.75) is 39.9 Å². The van der Waals surface area contributed by atoms with Gasteiger partial charge in [0.05, 0.1) is 0 Å². The summed E-state index contributed by atoms with van der Waals surface area (Å²) < 4.78 is 10.8. The number of halogens is 2. The highest BCUT2D eigenvalue weighted by atomic mass is 35.5. The SMILES string of the molecule is CCC(CC)(C(=O)OCc1ccc(Cl)cc1)C(=O)OCc1ccc(Cl)cc1.